The van der Waals surface area contributed by atoms with E-state index in [0.717, 1.165) is 5.56 Å². The molecule has 0 aliphatic carbocycles. The summed E-state index contributed by atoms with van der Waals surface area (Å²) in [6.45, 7) is 3.79. The van der Waals surface area contributed by atoms with E-state index in [1.165, 1.54) is 0 Å². The third-order valence-corrected chi connectivity index (χ3v) is 3.58. The zero-order valence-corrected chi connectivity index (χ0v) is 14.4. The molecule has 6 heteroatoms. The van der Waals surface area contributed by atoms with Gasteiger partial charge in [0.1, 0.15) is 17.1 Å². The second kappa shape index (κ2) is 7.17. The van der Waals surface area contributed by atoms with E-state index < -0.39 is 0 Å². The van der Waals surface area contributed by atoms with Gasteiger partial charge in [-0.2, -0.15) is 0 Å². The number of aromatic nitrogens is 3. The Kier molecular flexibility index (Phi) is 4.79. The summed E-state index contributed by atoms with van der Waals surface area (Å²) in [4.78, 5) is 21.3. The number of anilines is 1. The highest BCUT2D eigenvalue weighted by atomic mass is 16.5. The summed E-state index contributed by atoms with van der Waals surface area (Å²) in [6, 6.07) is 13.1. The molecule has 2 heterocycles. The van der Waals surface area contributed by atoms with Gasteiger partial charge in [0.05, 0.1) is 12.4 Å². The molecule has 0 fully saturated rings. The molecule has 0 saturated heterocycles. The Morgan fingerprint density at radius 3 is 2.60 bits per heavy atom. The van der Waals surface area contributed by atoms with Crippen LogP contribution < -0.4 is 10.1 Å². The number of hydrogen-bond donors (Lipinski definition) is 1. The fraction of sp³-hybridized carbons (Fsp3) is 0.211. The van der Waals surface area contributed by atoms with E-state index in [1.54, 1.807) is 29.2 Å². The lowest BCUT2D eigenvalue weighted by molar-refractivity contribution is 0.101. The van der Waals surface area contributed by atoms with Crippen LogP contribution in [0.25, 0.3) is 11.3 Å². The molecule has 0 unspecified atom stereocenters. The van der Waals surface area contributed by atoms with E-state index in [1.807, 2.05) is 51.2 Å². The number of benzene rings is 1. The lowest BCUT2D eigenvalue weighted by atomic mass is 10.1. The molecule has 2 aromatic heterocycles. The lowest BCUT2D eigenvalue weighted by Gasteiger charge is -2.13. The number of nitrogens with one attached hydrogen (secondary N) is 1. The van der Waals surface area contributed by atoms with Gasteiger partial charge in [-0.25, -0.2) is 9.97 Å². The van der Waals surface area contributed by atoms with Crippen molar-refractivity contribution in [1.29, 1.82) is 0 Å². The summed E-state index contributed by atoms with van der Waals surface area (Å²) in [7, 11) is 1.84. The number of aryl methyl sites for hydroxylation is 1. The van der Waals surface area contributed by atoms with Crippen molar-refractivity contribution in [2.45, 2.75) is 20.0 Å². The number of pyridine rings is 1. The zero-order chi connectivity index (χ0) is 17.8. The van der Waals surface area contributed by atoms with Crippen LogP contribution in [0.3, 0.4) is 0 Å². The van der Waals surface area contributed by atoms with Crippen molar-refractivity contribution < 1.29 is 9.53 Å². The van der Waals surface area contributed by atoms with Gasteiger partial charge >= 0.3 is 0 Å². The molecule has 1 amide bonds. The van der Waals surface area contributed by atoms with Crippen molar-refractivity contribution in [2.24, 2.45) is 7.05 Å². The number of imidazole rings is 1. The molecule has 0 aliphatic heterocycles. The molecular formula is C19H20N4O2. The SMILES string of the molecule is CC(C)Oc1ncccc1C(=O)Nc1c(-c2ccccc2)ncn1C. The maximum absolute atomic E-state index is 12.8. The van der Waals surface area contributed by atoms with Crippen LogP contribution in [0.5, 0.6) is 5.88 Å². The van der Waals surface area contributed by atoms with Crippen LogP contribution in [0.1, 0.15) is 24.2 Å². The van der Waals surface area contributed by atoms with Gasteiger partial charge in [0, 0.05) is 18.8 Å². The number of amides is 1. The van der Waals surface area contributed by atoms with Crippen LogP contribution >= 0.6 is 0 Å². The van der Waals surface area contributed by atoms with E-state index >= 15 is 0 Å². The summed E-state index contributed by atoms with van der Waals surface area (Å²) in [5.41, 5.74) is 2.03. The average molecular weight is 336 g/mol. The largest absolute Gasteiger partial charge is 0.474 e. The first kappa shape index (κ1) is 16.7. The molecule has 0 saturated carbocycles. The van der Waals surface area contributed by atoms with Crippen LogP contribution in [0.2, 0.25) is 0 Å². The molecular weight excluding hydrogens is 316 g/mol. The van der Waals surface area contributed by atoms with Crippen LogP contribution in [-0.2, 0) is 7.05 Å². The molecule has 1 N–H and O–H groups in total. The minimum atomic E-state index is -0.287. The highest BCUT2D eigenvalue weighted by molar-refractivity contribution is 6.06. The van der Waals surface area contributed by atoms with Gasteiger partial charge in [0.15, 0.2) is 0 Å². The number of carbonyl (C=O) groups excluding carboxylic acids is 1. The van der Waals surface area contributed by atoms with E-state index in [-0.39, 0.29) is 12.0 Å². The molecule has 0 radical (unpaired) electrons. The van der Waals surface area contributed by atoms with Gasteiger partial charge in [-0.05, 0) is 26.0 Å². The molecule has 0 atom stereocenters. The standard InChI is InChI=1S/C19H20N4O2/c1-13(2)25-19-15(10-7-11-20-19)18(24)22-17-16(21-12-23(17)3)14-8-5-4-6-9-14/h4-13H,1-3H3,(H,22,24). The summed E-state index contributed by atoms with van der Waals surface area (Å²) in [6.07, 6.45) is 3.21. The number of carbonyl (C=O) groups is 1. The van der Waals surface area contributed by atoms with E-state index in [2.05, 4.69) is 15.3 Å². The normalized spacial score (nSPS) is 10.7. The first-order valence-corrected chi connectivity index (χ1v) is 8.06. The van der Waals surface area contributed by atoms with Crippen molar-refractivity contribution in [3.8, 4) is 17.1 Å². The third kappa shape index (κ3) is 3.68. The Labute approximate surface area is 146 Å². The molecule has 3 aromatic rings. The third-order valence-electron chi connectivity index (χ3n) is 3.58. The van der Waals surface area contributed by atoms with Gasteiger partial charge in [0.2, 0.25) is 5.88 Å². The smallest absolute Gasteiger partial charge is 0.262 e. The first-order valence-electron chi connectivity index (χ1n) is 8.06. The van der Waals surface area contributed by atoms with Crippen molar-refractivity contribution in [3.05, 3.63) is 60.6 Å². The molecule has 3 rings (SSSR count). The Bertz CT molecular complexity index is 872. The summed E-state index contributed by atoms with van der Waals surface area (Å²) in [5, 5.41) is 2.93. The Balaban J connectivity index is 1.92. The number of nitrogens with zero attached hydrogens (tertiary/aromatic N) is 3. The Morgan fingerprint density at radius 2 is 1.88 bits per heavy atom. The van der Waals surface area contributed by atoms with E-state index in [9.17, 15) is 4.79 Å². The second-order valence-corrected chi connectivity index (χ2v) is 5.90. The van der Waals surface area contributed by atoms with Gasteiger partial charge in [0.25, 0.3) is 5.91 Å². The van der Waals surface area contributed by atoms with Gasteiger partial charge in [-0.3, -0.25) is 4.79 Å². The molecule has 0 aliphatic rings. The maximum Gasteiger partial charge on any atom is 0.262 e. The van der Waals surface area contributed by atoms with Gasteiger partial charge in [-0.15, -0.1) is 0 Å². The number of rotatable bonds is 5. The summed E-state index contributed by atoms with van der Waals surface area (Å²) < 4.78 is 7.41. The topological polar surface area (TPSA) is 69.0 Å². The van der Waals surface area contributed by atoms with Crippen LogP contribution in [-0.4, -0.2) is 26.5 Å². The van der Waals surface area contributed by atoms with E-state index in [4.69, 9.17) is 4.74 Å². The zero-order valence-electron chi connectivity index (χ0n) is 14.4. The monoisotopic (exact) mass is 336 g/mol. The highest BCUT2D eigenvalue weighted by Crippen LogP contribution is 2.27. The molecule has 1 aromatic carbocycles. The average Bonchev–Trinajstić information content (AvgIpc) is 2.96. The molecule has 0 bridgehead atoms. The van der Waals surface area contributed by atoms with E-state index in [0.29, 0.717) is 23.0 Å². The van der Waals surface area contributed by atoms with Crippen molar-refractivity contribution >= 4 is 11.7 Å². The van der Waals surface area contributed by atoms with Crippen LogP contribution in [0, 0.1) is 0 Å². The second-order valence-electron chi connectivity index (χ2n) is 5.90. The minimum absolute atomic E-state index is 0.0713. The quantitative estimate of drug-likeness (QED) is 0.774. The predicted octanol–water partition coefficient (Wildman–Crippen LogP) is 3.52. The summed E-state index contributed by atoms with van der Waals surface area (Å²) >= 11 is 0. The Hall–Kier alpha value is -3.15. The van der Waals surface area contributed by atoms with Crippen LogP contribution in [0.15, 0.2) is 55.0 Å². The highest BCUT2D eigenvalue weighted by Gasteiger charge is 2.19. The molecule has 0 spiro atoms. The molecule has 6 nitrogen and oxygen atoms in total. The minimum Gasteiger partial charge on any atom is -0.474 e. The Morgan fingerprint density at radius 1 is 1.12 bits per heavy atom. The van der Waals surface area contributed by atoms with Gasteiger partial charge < -0.3 is 14.6 Å². The first-order chi connectivity index (χ1) is 12.1. The fourth-order valence-corrected chi connectivity index (χ4v) is 2.44. The predicted molar refractivity (Wildman–Crippen MR) is 96.6 cm³/mol. The number of hydrogen-bond acceptors (Lipinski definition) is 4. The summed E-state index contributed by atoms with van der Waals surface area (Å²) in [5.74, 6) is 0.651. The van der Waals surface area contributed by atoms with Crippen molar-refractivity contribution in [3.63, 3.8) is 0 Å². The maximum atomic E-state index is 12.8. The van der Waals surface area contributed by atoms with Crippen molar-refractivity contribution in [1.82, 2.24) is 14.5 Å². The van der Waals surface area contributed by atoms with Crippen molar-refractivity contribution in [2.75, 3.05) is 5.32 Å². The number of ether oxygens (including phenoxy) is 1. The fourth-order valence-electron chi connectivity index (χ4n) is 2.44. The molecule has 128 valence electrons. The molecule has 25 heavy (non-hydrogen) atoms. The lowest BCUT2D eigenvalue weighted by Crippen LogP contribution is -2.18. The van der Waals surface area contributed by atoms with Crippen LogP contribution in [0.4, 0.5) is 5.82 Å². The van der Waals surface area contributed by atoms with Gasteiger partial charge in [-0.1, -0.05) is 30.3 Å².